The molecule has 0 saturated heterocycles. The zero-order chi connectivity index (χ0) is 15.1. The molecule has 4 rings (SSSR count). The molecule has 0 aromatic heterocycles. The molecule has 0 saturated carbocycles. The Hall–Kier alpha value is -2.04. The summed E-state index contributed by atoms with van der Waals surface area (Å²) in [5.41, 5.74) is 20.7. The average Bonchev–Trinajstić information content (AvgIpc) is 2.53. The third-order valence-corrected chi connectivity index (χ3v) is 4.85. The second kappa shape index (κ2) is 5.30. The summed E-state index contributed by atoms with van der Waals surface area (Å²) in [4.78, 5) is 0. The van der Waals surface area contributed by atoms with Crippen LogP contribution in [0.15, 0.2) is 30.3 Å². The van der Waals surface area contributed by atoms with E-state index >= 15 is 0 Å². The van der Waals surface area contributed by atoms with Gasteiger partial charge in [0.1, 0.15) is 0 Å². The molecule has 22 heavy (non-hydrogen) atoms. The first-order chi connectivity index (χ1) is 10.7. The van der Waals surface area contributed by atoms with Gasteiger partial charge in [0.15, 0.2) is 0 Å². The highest BCUT2D eigenvalue weighted by atomic mass is 14.9. The number of nitrogens with one attached hydrogen (secondary N) is 2. The van der Waals surface area contributed by atoms with E-state index in [1.165, 1.54) is 27.8 Å². The van der Waals surface area contributed by atoms with Gasteiger partial charge in [0.2, 0.25) is 0 Å². The van der Waals surface area contributed by atoms with E-state index in [0.717, 1.165) is 44.0 Å². The lowest BCUT2D eigenvalue weighted by Crippen LogP contribution is -2.32. The molecule has 0 spiro atoms. The molecule has 6 N–H and O–H groups in total. The topological polar surface area (TPSA) is 76.1 Å². The third kappa shape index (κ3) is 2.25. The van der Waals surface area contributed by atoms with Gasteiger partial charge in [-0.2, -0.15) is 0 Å². The van der Waals surface area contributed by atoms with Crippen molar-refractivity contribution in [2.75, 3.05) is 24.6 Å². The Morgan fingerprint density at radius 2 is 1.73 bits per heavy atom. The molecule has 2 aromatic carbocycles. The number of nitrogens with two attached hydrogens (primary N) is 2. The van der Waals surface area contributed by atoms with Crippen LogP contribution in [-0.2, 0) is 19.5 Å². The molecule has 2 heterocycles. The van der Waals surface area contributed by atoms with Crippen LogP contribution in [0.4, 0.5) is 11.4 Å². The molecule has 0 bridgehead atoms. The minimum atomic E-state index is 0.349. The van der Waals surface area contributed by atoms with Gasteiger partial charge < -0.3 is 22.1 Å². The largest absolute Gasteiger partial charge is 0.399 e. The van der Waals surface area contributed by atoms with Crippen molar-refractivity contribution in [1.82, 2.24) is 10.6 Å². The minimum Gasteiger partial charge on any atom is -0.399 e. The fourth-order valence-corrected chi connectivity index (χ4v) is 3.83. The van der Waals surface area contributed by atoms with Crippen LogP contribution in [0.2, 0.25) is 0 Å². The van der Waals surface area contributed by atoms with Gasteiger partial charge in [-0.1, -0.05) is 6.07 Å². The normalized spacial score (nSPS) is 20.3. The zero-order valence-electron chi connectivity index (χ0n) is 12.7. The van der Waals surface area contributed by atoms with E-state index < -0.39 is 0 Å². The van der Waals surface area contributed by atoms with Crippen LogP contribution in [0, 0.1) is 0 Å². The van der Waals surface area contributed by atoms with Crippen LogP contribution >= 0.6 is 0 Å². The Morgan fingerprint density at radius 3 is 2.64 bits per heavy atom. The van der Waals surface area contributed by atoms with Crippen LogP contribution in [0.5, 0.6) is 0 Å². The summed E-state index contributed by atoms with van der Waals surface area (Å²) in [6.07, 6.45) is 1.06. The zero-order valence-corrected chi connectivity index (χ0v) is 12.7. The van der Waals surface area contributed by atoms with Gasteiger partial charge in [-0.05, 0) is 65.0 Å². The smallest absolute Gasteiger partial charge is 0.0319 e. The molecular formula is C18H22N4. The number of hydrogen-bond donors (Lipinski definition) is 4. The van der Waals surface area contributed by atoms with Gasteiger partial charge in [-0.3, -0.25) is 0 Å². The Balaban J connectivity index is 1.85. The lowest BCUT2D eigenvalue weighted by atomic mass is 9.80. The van der Waals surface area contributed by atoms with Crippen molar-refractivity contribution in [2.45, 2.75) is 25.4 Å². The Kier molecular flexibility index (Phi) is 3.28. The van der Waals surface area contributed by atoms with Crippen molar-refractivity contribution < 1.29 is 0 Å². The van der Waals surface area contributed by atoms with Crippen LogP contribution in [0.25, 0.3) is 0 Å². The first-order valence-electron chi connectivity index (χ1n) is 7.93. The van der Waals surface area contributed by atoms with Crippen LogP contribution in [0.3, 0.4) is 0 Å². The molecule has 0 fully saturated rings. The van der Waals surface area contributed by atoms with Crippen LogP contribution in [-0.4, -0.2) is 13.1 Å². The van der Waals surface area contributed by atoms with E-state index in [0.29, 0.717) is 5.92 Å². The van der Waals surface area contributed by atoms with E-state index in [1.807, 2.05) is 6.07 Å². The number of anilines is 2. The second-order valence-electron chi connectivity index (χ2n) is 6.32. The first kappa shape index (κ1) is 13.6. The number of fused-ring (bicyclic) bond motifs is 2. The Morgan fingerprint density at radius 1 is 0.864 bits per heavy atom. The molecule has 0 radical (unpaired) electrons. The van der Waals surface area contributed by atoms with Gasteiger partial charge in [0.05, 0.1) is 0 Å². The third-order valence-electron chi connectivity index (χ3n) is 4.85. The molecule has 2 aliphatic heterocycles. The van der Waals surface area contributed by atoms with E-state index in [9.17, 15) is 0 Å². The molecule has 2 aliphatic rings. The maximum absolute atomic E-state index is 6.17. The van der Waals surface area contributed by atoms with Gasteiger partial charge >= 0.3 is 0 Å². The molecular weight excluding hydrogens is 272 g/mol. The lowest BCUT2D eigenvalue weighted by Gasteiger charge is -2.31. The summed E-state index contributed by atoms with van der Waals surface area (Å²) >= 11 is 0. The number of benzene rings is 2. The molecule has 4 nitrogen and oxygen atoms in total. The van der Waals surface area contributed by atoms with Crippen molar-refractivity contribution in [3.05, 3.63) is 58.1 Å². The summed E-state index contributed by atoms with van der Waals surface area (Å²) in [5, 5.41) is 7.02. The number of rotatable bonds is 1. The highest BCUT2D eigenvalue weighted by molar-refractivity contribution is 5.56. The van der Waals surface area contributed by atoms with E-state index in [1.54, 1.807) is 0 Å². The Labute approximate surface area is 130 Å². The molecule has 0 aliphatic carbocycles. The van der Waals surface area contributed by atoms with E-state index in [2.05, 4.69) is 34.9 Å². The van der Waals surface area contributed by atoms with Crippen LogP contribution in [0.1, 0.15) is 33.7 Å². The molecule has 0 amide bonds. The fourth-order valence-electron chi connectivity index (χ4n) is 3.83. The fraction of sp³-hybridized carbons (Fsp3) is 0.333. The molecule has 4 heteroatoms. The quantitative estimate of drug-likeness (QED) is 0.604. The van der Waals surface area contributed by atoms with Gasteiger partial charge in [-0.25, -0.2) is 0 Å². The molecule has 2 aromatic rings. The molecule has 1 unspecified atom stereocenters. The minimum absolute atomic E-state index is 0.349. The highest BCUT2D eigenvalue weighted by Crippen LogP contribution is 2.36. The van der Waals surface area contributed by atoms with Crippen molar-refractivity contribution >= 4 is 11.4 Å². The second-order valence-corrected chi connectivity index (χ2v) is 6.32. The van der Waals surface area contributed by atoms with Crippen LogP contribution < -0.4 is 22.1 Å². The summed E-state index contributed by atoms with van der Waals surface area (Å²) in [5.74, 6) is 0.349. The number of hydrogen-bond acceptors (Lipinski definition) is 4. The molecule has 114 valence electrons. The predicted molar refractivity (Wildman–Crippen MR) is 90.7 cm³/mol. The lowest BCUT2D eigenvalue weighted by molar-refractivity contribution is 0.576. The Bertz CT molecular complexity index is 723. The maximum atomic E-state index is 6.17. The average molecular weight is 294 g/mol. The van der Waals surface area contributed by atoms with Gasteiger partial charge in [0.25, 0.3) is 0 Å². The van der Waals surface area contributed by atoms with Crippen molar-refractivity contribution in [3.63, 3.8) is 0 Å². The summed E-state index contributed by atoms with van der Waals surface area (Å²) in [6.45, 7) is 3.81. The van der Waals surface area contributed by atoms with Crippen molar-refractivity contribution in [1.29, 1.82) is 0 Å². The summed E-state index contributed by atoms with van der Waals surface area (Å²) in [6, 6.07) is 10.6. The standard InChI is InChI=1S/C18H22N4/c19-13-1-2-15-12(6-13)8-22-10-18(15)16-7-14(20)5-11-3-4-21-9-17(11)16/h1-2,5-7,18,21-22H,3-4,8-10,19-20H2. The summed E-state index contributed by atoms with van der Waals surface area (Å²) < 4.78 is 0. The van der Waals surface area contributed by atoms with Crippen molar-refractivity contribution in [3.8, 4) is 0 Å². The van der Waals surface area contributed by atoms with E-state index in [-0.39, 0.29) is 0 Å². The van der Waals surface area contributed by atoms with Gasteiger partial charge in [0, 0.05) is 36.9 Å². The molecule has 1 atom stereocenters. The SMILES string of the molecule is Nc1ccc2c(c1)CNCC2c1cc(N)cc2c1CNCC2. The maximum Gasteiger partial charge on any atom is 0.0319 e. The highest BCUT2D eigenvalue weighted by Gasteiger charge is 2.26. The monoisotopic (exact) mass is 294 g/mol. The first-order valence-corrected chi connectivity index (χ1v) is 7.93. The van der Waals surface area contributed by atoms with Gasteiger partial charge in [-0.15, -0.1) is 0 Å². The summed E-state index contributed by atoms with van der Waals surface area (Å²) in [7, 11) is 0. The van der Waals surface area contributed by atoms with E-state index in [4.69, 9.17) is 11.5 Å². The number of nitrogen functional groups attached to an aromatic ring is 2. The van der Waals surface area contributed by atoms with Crippen molar-refractivity contribution in [2.24, 2.45) is 0 Å². The predicted octanol–water partition coefficient (Wildman–Crippen LogP) is 1.73.